The van der Waals surface area contributed by atoms with E-state index in [9.17, 15) is 0 Å². The van der Waals surface area contributed by atoms with E-state index >= 15 is 0 Å². The summed E-state index contributed by atoms with van der Waals surface area (Å²) in [5.74, 6) is 2.66. The Morgan fingerprint density at radius 1 is 0.963 bits per heavy atom. The molecule has 1 heterocycles. The van der Waals surface area contributed by atoms with Crippen LogP contribution in [-0.2, 0) is 6.54 Å². The van der Waals surface area contributed by atoms with Gasteiger partial charge in [0.2, 0.25) is 5.95 Å². The van der Waals surface area contributed by atoms with Crippen molar-refractivity contribution >= 4 is 29.1 Å². The first-order chi connectivity index (χ1) is 13.1. The van der Waals surface area contributed by atoms with Gasteiger partial charge in [0.05, 0.1) is 19.2 Å². The number of para-hydroxylation sites is 1. The number of anilines is 3. The summed E-state index contributed by atoms with van der Waals surface area (Å²) in [5.41, 5.74) is 2.67. The zero-order chi connectivity index (χ0) is 19.2. The van der Waals surface area contributed by atoms with Gasteiger partial charge in [-0.2, -0.15) is 4.98 Å². The summed E-state index contributed by atoms with van der Waals surface area (Å²) in [4.78, 5) is 8.95. The van der Waals surface area contributed by atoms with Crippen LogP contribution in [0.1, 0.15) is 11.3 Å². The van der Waals surface area contributed by atoms with Gasteiger partial charge in [0, 0.05) is 29.6 Å². The lowest BCUT2D eigenvalue weighted by Gasteiger charge is -2.12. The van der Waals surface area contributed by atoms with Crippen molar-refractivity contribution < 1.29 is 9.47 Å². The number of nitrogens with one attached hydrogen (secondary N) is 2. The molecular weight excluding hydrogens is 364 g/mol. The largest absolute Gasteiger partial charge is 0.496 e. The molecule has 0 atom stereocenters. The lowest BCUT2D eigenvalue weighted by Crippen LogP contribution is -2.06. The van der Waals surface area contributed by atoms with Crippen LogP contribution in [0, 0.1) is 6.92 Å². The summed E-state index contributed by atoms with van der Waals surface area (Å²) < 4.78 is 10.6. The highest BCUT2D eigenvalue weighted by atomic mass is 35.5. The Morgan fingerprint density at radius 3 is 2.48 bits per heavy atom. The minimum Gasteiger partial charge on any atom is -0.496 e. The molecule has 0 aliphatic heterocycles. The predicted molar refractivity (Wildman–Crippen MR) is 108 cm³/mol. The number of ether oxygens (including phenoxy) is 2. The van der Waals surface area contributed by atoms with E-state index in [1.807, 2.05) is 43.3 Å². The molecule has 7 heteroatoms. The summed E-state index contributed by atoms with van der Waals surface area (Å²) in [5, 5.41) is 7.00. The number of halogens is 1. The number of hydrogen-bond donors (Lipinski definition) is 2. The number of nitrogens with zero attached hydrogens (tertiary/aromatic N) is 2. The molecule has 0 spiro atoms. The van der Waals surface area contributed by atoms with Crippen LogP contribution in [0.4, 0.5) is 17.5 Å². The molecule has 0 aliphatic carbocycles. The molecular formula is C20H21ClN4O2. The second-order valence-electron chi connectivity index (χ2n) is 5.86. The fraction of sp³-hybridized carbons (Fsp3) is 0.200. The topological polar surface area (TPSA) is 68.3 Å². The van der Waals surface area contributed by atoms with Gasteiger partial charge < -0.3 is 20.1 Å². The van der Waals surface area contributed by atoms with Crippen LogP contribution < -0.4 is 20.1 Å². The number of benzene rings is 2. The third-order valence-corrected chi connectivity index (χ3v) is 4.21. The molecule has 140 valence electrons. The van der Waals surface area contributed by atoms with Crippen LogP contribution in [0.2, 0.25) is 5.02 Å². The van der Waals surface area contributed by atoms with Crippen LogP contribution >= 0.6 is 11.6 Å². The summed E-state index contributed by atoms with van der Waals surface area (Å²) >= 11 is 6.17. The van der Waals surface area contributed by atoms with Crippen LogP contribution in [0.3, 0.4) is 0 Å². The third-order valence-electron chi connectivity index (χ3n) is 3.91. The Labute approximate surface area is 163 Å². The summed E-state index contributed by atoms with van der Waals surface area (Å²) in [7, 11) is 3.24. The van der Waals surface area contributed by atoms with Crippen molar-refractivity contribution in [3.63, 3.8) is 0 Å². The zero-order valence-electron chi connectivity index (χ0n) is 15.4. The van der Waals surface area contributed by atoms with E-state index < -0.39 is 0 Å². The van der Waals surface area contributed by atoms with Gasteiger partial charge in [-0.05, 0) is 31.2 Å². The smallest absolute Gasteiger partial charge is 0.229 e. The molecule has 0 saturated heterocycles. The minimum atomic E-state index is 0.485. The lowest BCUT2D eigenvalue weighted by molar-refractivity contribution is 0.410. The van der Waals surface area contributed by atoms with Gasteiger partial charge in [-0.15, -0.1) is 0 Å². The second kappa shape index (κ2) is 8.60. The Bertz CT molecular complexity index is 934. The van der Waals surface area contributed by atoms with E-state index in [0.717, 1.165) is 28.5 Å². The fourth-order valence-electron chi connectivity index (χ4n) is 2.62. The van der Waals surface area contributed by atoms with Crippen molar-refractivity contribution in [1.29, 1.82) is 0 Å². The van der Waals surface area contributed by atoms with E-state index in [2.05, 4.69) is 20.6 Å². The van der Waals surface area contributed by atoms with Crippen LogP contribution in [-0.4, -0.2) is 24.2 Å². The van der Waals surface area contributed by atoms with E-state index in [-0.39, 0.29) is 0 Å². The molecule has 3 aromatic rings. The fourth-order valence-corrected chi connectivity index (χ4v) is 2.88. The van der Waals surface area contributed by atoms with Gasteiger partial charge in [0.25, 0.3) is 0 Å². The monoisotopic (exact) mass is 384 g/mol. The van der Waals surface area contributed by atoms with Gasteiger partial charge in [-0.1, -0.05) is 29.8 Å². The first-order valence-electron chi connectivity index (χ1n) is 8.41. The molecule has 0 saturated carbocycles. The summed E-state index contributed by atoms with van der Waals surface area (Å²) in [6, 6.07) is 15.2. The molecule has 1 aromatic heterocycles. The van der Waals surface area contributed by atoms with Crippen molar-refractivity contribution in [2.24, 2.45) is 0 Å². The minimum absolute atomic E-state index is 0.485. The standard InChI is InChI=1S/C20H21ClN4O2/c1-13-10-19(22-12-14-6-4-5-7-17(14)26-2)25-20(23-13)24-15-8-9-18(27-3)16(21)11-15/h4-11H,12H2,1-3H3,(H2,22,23,24,25). The van der Waals surface area contributed by atoms with Gasteiger partial charge in [-0.3, -0.25) is 0 Å². The highest BCUT2D eigenvalue weighted by Gasteiger charge is 2.07. The van der Waals surface area contributed by atoms with Crippen LogP contribution in [0.15, 0.2) is 48.5 Å². The Kier molecular flexibility index (Phi) is 5.98. The summed E-state index contributed by atoms with van der Waals surface area (Å²) in [6.07, 6.45) is 0. The normalized spacial score (nSPS) is 10.4. The highest BCUT2D eigenvalue weighted by molar-refractivity contribution is 6.32. The molecule has 0 amide bonds. The summed E-state index contributed by atoms with van der Waals surface area (Å²) in [6.45, 7) is 2.51. The van der Waals surface area contributed by atoms with E-state index in [0.29, 0.717) is 23.3 Å². The molecule has 27 heavy (non-hydrogen) atoms. The van der Waals surface area contributed by atoms with Crippen LogP contribution in [0.25, 0.3) is 0 Å². The van der Waals surface area contributed by atoms with Crippen LogP contribution in [0.5, 0.6) is 11.5 Å². The quantitative estimate of drug-likeness (QED) is 0.609. The molecule has 0 bridgehead atoms. The maximum atomic E-state index is 6.17. The molecule has 2 N–H and O–H groups in total. The molecule has 2 aromatic carbocycles. The number of rotatable bonds is 7. The second-order valence-corrected chi connectivity index (χ2v) is 6.27. The molecule has 0 fully saturated rings. The van der Waals surface area contributed by atoms with E-state index in [1.54, 1.807) is 26.4 Å². The Balaban J connectivity index is 1.75. The lowest BCUT2D eigenvalue weighted by atomic mass is 10.2. The van der Waals surface area contributed by atoms with E-state index in [4.69, 9.17) is 21.1 Å². The van der Waals surface area contributed by atoms with Gasteiger partial charge in [0.1, 0.15) is 17.3 Å². The van der Waals surface area contributed by atoms with Crippen molar-refractivity contribution in [1.82, 2.24) is 9.97 Å². The Morgan fingerprint density at radius 2 is 1.74 bits per heavy atom. The highest BCUT2D eigenvalue weighted by Crippen LogP contribution is 2.28. The van der Waals surface area contributed by atoms with Gasteiger partial charge in [0.15, 0.2) is 0 Å². The van der Waals surface area contributed by atoms with Gasteiger partial charge >= 0.3 is 0 Å². The maximum Gasteiger partial charge on any atom is 0.229 e. The average molecular weight is 385 g/mol. The number of aryl methyl sites for hydroxylation is 1. The molecule has 0 radical (unpaired) electrons. The molecule has 0 unspecified atom stereocenters. The predicted octanol–water partition coefficient (Wildman–Crippen LogP) is 4.81. The average Bonchev–Trinajstić information content (AvgIpc) is 2.66. The first kappa shape index (κ1) is 18.8. The van der Waals surface area contributed by atoms with E-state index in [1.165, 1.54) is 0 Å². The number of methoxy groups -OCH3 is 2. The third kappa shape index (κ3) is 4.80. The Hall–Kier alpha value is -2.99. The van der Waals surface area contributed by atoms with Gasteiger partial charge in [-0.25, -0.2) is 4.98 Å². The molecule has 6 nitrogen and oxygen atoms in total. The van der Waals surface area contributed by atoms with Crippen molar-refractivity contribution in [3.8, 4) is 11.5 Å². The first-order valence-corrected chi connectivity index (χ1v) is 8.79. The molecule has 3 rings (SSSR count). The molecule has 0 aliphatic rings. The number of aromatic nitrogens is 2. The van der Waals surface area contributed by atoms with Crippen molar-refractivity contribution in [3.05, 3.63) is 64.8 Å². The van der Waals surface area contributed by atoms with Crippen molar-refractivity contribution in [2.75, 3.05) is 24.9 Å². The SMILES string of the molecule is COc1ccc(Nc2nc(C)cc(NCc3ccccc3OC)n2)cc1Cl. The maximum absolute atomic E-state index is 6.17. The van der Waals surface area contributed by atoms with Crippen molar-refractivity contribution in [2.45, 2.75) is 13.5 Å². The zero-order valence-corrected chi connectivity index (χ0v) is 16.2. The number of hydrogen-bond acceptors (Lipinski definition) is 6.